The molecule has 10 rings (SSSR count). The van der Waals surface area contributed by atoms with Crippen molar-refractivity contribution < 1.29 is 39.8 Å². The molecule has 0 radical (unpaired) electrons. The van der Waals surface area contributed by atoms with Crippen LogP contribution in [0.5, 0.6) is 0 Å². The molecule has 234 valence electrons. The molecule has 0 unspecified atom stereocenters. The summed E-state index contributed by atoms with van der Waals surface area (Å²) in [5, 5.41) is -2.36. The third-order valence-electron chi connectivity index (χ3n) is 7.60. The Morgan fingerprint density at radius 3 is 1.36 bits per heavy atom. The summed E-state index contributed by atoms with van der Waals surface area (Å²) < 4.78 is 259. The van der Waals surface area contributed by atoms with Crippen LogP contribution in [0.1, 0.15) is 39.8 Å². The van der Waals surface area contributed by atoms with Crippen LogP contribution < -0.4 is 0 Å². The number of fused-ring (bicyclic) bond motifs is 7. The SMILES string of the molecule is [2H]c1c([2H])c([2H])c(-c2nc(-c3c([2H])c([2H])c(-c4c([2H])c([2H])c([2H])c([2H])c4[2H])c([2H])c3[2H])nc(-n3c4c([2H])c([2H])c([2H])c([2H])c4c4c([2H])c([2H])c5c6c([2H])c([2H])c([2H])c([2H])c6n(-c6c([2H])c([2H])c([2H])c([2H])c6[2H])c5c43)n2)c([2H])c1[2H]. The van der Waals surface area contributed by atoms with Gasteiger partial charge in [0.15, 0.2) is 11.6 Å². The van der Waals surface area contributed by atoms with Crippen molar-refractivity contribution in [2.24, 2.45) is 0 Å². The van der Waals surface area contributed by atoms with E-state index in [2.05, 4.69) is 15.0 Å². The first-order chi connectivity index (χ1) is 36.9. The van der Waals surface area contributed by atoms with Gasteiger partial charge >= 0.3 is 0 Å². The largest absolute Gasteiger partial charge is 0.307 e. The quantitative estimate of drug-likeness (QED) is 0.183. The van der Waals surface area contributed by atoms with Gasteiger partial charge in [0, 0.05) is 38.4 Å². The van der Waals surface area contributed by atoms with Gasteiger partial charge in [-0.1, -0.05) is 151 Å². The summed E-state index contributed by atoms with van der Waals surface area (Å²) in [5.41, 5.74) is -6.68. The van der Waals surface area contributed by atoms with Crippen LogP contribution in [-0.2, 0) is 0 Å². The lowest BCUT2D eigenvalue weighted by molar-refractivity contribution is 0.953. The van der Waals surface area contributed by atoms with Gasteiger partial charge in [-0.3, -0.25) is 4.57 Å². The Morgan fingerprint density at radius 2 is 0.760 bits per heavy atom. The molecule has 0 saturated heterocycles. The first-order valence-corrected chi connectivity index (χ1v) is 14.4. The average molecular weight is 669 g/mol. The first-order valence-electron chi connectivity index (χ1n) is 28.9. The van der Waals surface area contributed by atoms with E-state index in [9.17, 15) is 11.0 Å². The summed E-state index contributed by atoms with van der Waals surface area (Å²) in [5.74, 6) is -2.86. The standard InChI is InChI=1S/C45H29N5/c1-4-14-30(15-5-1)31-24-26-33(27-25-31)44-46-43(32-16-6-2-7-17-32)47-45(48-44)50-40-23-13-11-21-36(40)38-29-28-37-35-20-10-12-22-39(35)49(41(37)42(38)50)34-18-8-3-9-19-34/h1-29H/i1D,2D,3D,4D,5D,6D,7D,8D,9D,10D,11D,12D,13D,14D,15D,16D,17D,18D,19D,20D,21D,22D,23D,24D,25D,26D,27D,28D,29D. The van der Waals surface area contributed by atoms with E-state index in [4.69, 9.17) is 28.8 Å². The minimum atomic E-state index is -1.07. The summed E-state index contributed by atoms with van der Waals surface area (Å²) in [4.78, 5) is 13.3. The van der Waals surface area contributed by atoms with Gasteiger partial charge in [0.1, 0.15) is 0 Å². The normalized spacial score (nSPS) is 19.7. The van der Waals surface area contributed by atoms with Crippen LogP contribution >= 0.6 is 0 Å². The molecule has 0 spiro atoms. The van der Waals surface area contributed by atoms with E-state index in [1.54, 1.807) is 0 Å². The topological polar surface area (TPSA) is 48.5 Å². The highest BCUT2D eigenvalue weighted by molar-refractivity contribution is 6.23. The molecule has 5 nitrogen and oxygen atoms in total. The smallest absolute Gasteiger partial charge is 0.238 e. The molecule has 3 aromatic heterocycles. The van der Waals surface area contributed by atoms with Crippen molar-refractivity contribution in [3.63, 3.8) is 0 Å². The fourth-order valence-corrected chi connectivity index (χ4v) is 5.56. The molecule has 7 aromatic carbocycles. The maximum atomic E-state index is 9.62. The van der Waals surface area contributed by atoms with Crippen molar-refractivity contribution in [2.45, 2.75) is 0 Å². The Labute approximate surface area is 329 Å². The number of hydrogen-bond acceptors (Lipinski definition) is 3. The van der Waals surface area contributed by atoms with Crippen LogP contribution in [0.15, 0.2) is 175 Å². The van der Waals surface area contributed by atoms with E-state index in [1.807, 2.05) is 0 Å². The van der Waals surface area contributed by atoms with Gasteiger partial charge in [-0.25, -0.2) is 4.98 Å². The molecule has 50 heavy (non-hydrogen) atoms. The number of benzene rings is 7. The van der Waals surface area contributed by atoms with Crippen LogP contribution in [0.4, 0.5) is 0 Å². The van der Waals surface area contributed by atoms with Gasteiger partial charge in [-0.2, -0.15) is 9.97 Å². The highest BCUT2D eigenvalue weighted by Crippen LogP contribution is 2.41. The van der Waals surface area contributed by atoms with Crippen LogP contribution in [-0.4, -0.2) is 24.1 Å². The zero-order valence-electron chi connectivity index (χ0n) is 53.7. The zero-order chi connectivity index (χ0) is 58.3. The van der Waals surface area contributed by atoms with Gasteiger partial charge < -0.3 is 4.57 Å². The van der Waals surface area contributed by atoms with Gasteiger partial charge in [0.2, 0.25) is 5.95 Å². The molecule has 0 atom stereocenters. The van der Waals surface area contributed by atoms with Crippen molar-refractivity contribution in [3.05, 3.63) is 175 Å². The van der Waals surface area contributed by atoms with Gasteiger partial charge in [0.25, 0.3) is 0 Å². The van der Waals surface area contributed by atoms with Gasteiger partial charge in [-0.15, -0.1) is 0 Å². The number of nitrogens with zero attached hydrogens (tertiary/aromatic N) is 5. The Balaban J connectivity index is 1.52. The van der Waals surface area contributed by atoms with Crippen LogP contribution in [0.2, 0.25) is 0 Å². The summed E-state index contributed by atoms with van der Waals surface area (Å²) in [6.45, 7) is 0. The van der Waals surface area contributed by atoms with Crippen LogP contribution in [0.25, 0.3) is 89.2 Å². The molecular weight excluding hydrogens is 611 g/mol. The van der Waals surface area contributed by atoms with Crippen LogP contribution in [0.3, 0.4) is 0 Å². The second-order valence-corrected chi connectivity index (χ2v) is 10.3. The lowest BCUT2D eigenvalue weighted by Crippen LogP contribution is -2.07. The summed E-state index contributed by atoms with van der Waals surface area (Å²) in [6, 6.07) is -27.4. The molecule has 0 N–H and O–H groups in total. The first kappa shape index (κ1) is 11.6. The number of rotatable bonds is 5. The third-order valence-corrected chi connectivity index (χ3v) is 7.60. The zero-order valence-corrected chi connectivity index (χ0v) is 24.7. The van der Waals surface area contributed by atoms with Gasteiger partial charge in [-0.05, 0) is 35.3 Å². The minimum absolute atomic E-state index is 0.566. The molecule has 0 aliphatic carbocycles. The molecule has 0 aliphatic heterocycles. The molecule has 0 saturated carbocycles. The second-order valence-electron chi connectivity index (χ2n) is 10.3. The van der Waals surface area contributed by atoms with E-state index in [0.717, 1.165) is 9.13 Å². The Bertz CT molecular complexity index is 4430. The molecule has 0 amide bonds. The highest BCUT2D eigenvalue weighted by Gasteiger charge is 2.23. The number of para-hydroxylation sites is 3. The van der Waals surface area contributed by atoms with E-state index >= 15 is 0 Å². The highest BCUT2D eigenvalue weighted by atomic mass is 15.2. The molecule has 10 aromatic rings. The Kier molecular flexibility index (Phi) is 2.65. The summed E-state index contributed by atoms with van der Waals surface area (Å²) in [6.07, 6.45) is 0. The maximum absolute atomic E-state index is 9.62. The van der Waals surface area contributed by atoms with Crippen molar-refractivity contribution in [1.82, 2.24) is 24.1 Å². The maximum Gasteiger partial charge on any atom is 0.238 e. The predicted molar refractivity (Wildman–Crippen MR) is 205 cm³/mol. The Hall–Kier alpha value is -6.85. The third kappa shape index (κ3) is 4.45. The van der Waals surface area contributed by atoms with E-state index < -0.39 is 264 Å². The second kappa shape index (κ2) is 11.4. The fourth-order valence-electron chi connectivity index (χ4n) is 5.56. The van der Waals surface area contributed by atoms with Crippen molar-refractivity contribution >= 4 is 43.6 Å². The summed E-state index contributed by atoms with van der Waals surface area (Å²) >= 11 is 0. The molecule has 3 heterocycles. The van der Waals surface area contributed by atoms with E-state index in [1.165, 1.54) is 0 Å². The van der Waals surface area contributed by atoms with E-state index in [0.29, 0.717) is 0 Å². The van der Waals surface area contributed by atoms with Crippen LogP contribution in [0, 0.1) is 0 Å². The molecule has 0 fully saturated rings. The lowest BCUT2D eigenvalue weighted by atomic mass is 10.0. The lowest BCUT2D eigenvalue weighted by Gasteiger charge is -2.13. The predicted octanol–water partition coefficient (Wildman–Crippen LogP) is 11.1. The fraction of sp³-hybridized carbons (Fsp3) is 0. The molecule has 0 aliphatic rings. The molecular formula is C45H29N5. The number of hydrogen-bond donors (Lipinski definition) is 0. The van der Waals surface area contributed by atoms with E-state index in [-0.39, 0.29) is 0 Å². The molecule has 5 heteroatoms. The van der Waals surface area contributed by atoms with Crippen molar-refractivity contribution in [2.75, 3.05) is 0 Å². The molecule has 0 bridgehead atoms. The van der Waals surface area contributed by atoms with Gasteiger partial charge in [0.05, 0.1) is 61.8 Å². The minimum Gasteiger partial charge on any atom is -0.307 e. The number of aromatic nitrogens is 5. The monoisotopic (exact) mass is 668 g/mol. The average Bonchev–Trinajstić information content (AvgIpc) is 2.88. The van der Waals surface area contributed by atoms with Crippen molar-refractivity contribution in [3.8, 4) is 45.5 Å². The Morgan fingerprint density at radius 1 is 0.340 bits per heavy atom. The van der Waals surface area contributed by atoms with Crippen molar-refractivity contribution in [1.29, 1.82) is 0 Å². The summed E-state index contributed by atoms with van der Waals surface area (Å²) in [7, 11) is 0.